The van der Waals surface area contributed by atoms with Crippen LogP contribution in [0.3, 0.4) is 0 Å². The first-order valence-electron chi connectivity index (χ1n) is 14.7. The number of hydrogen-bond donors (Lipinski definition) is 2. The van der Waals surface area contributed by atoms with Gasteiger partial charge < -0.3 is 24.8 Å². The highest BCUT2D eigenvalue weighted by atomic mass is 32.1. The number of hydrogen-bond acceptors (Lipinski definition) is 8. The van der Waals surface area contributed by atoms with Crippen LogP contribution in [0.4, 0.5) is 13.2 Å². The molecule has 0 radical (unpaired) electrons. The van der Waals surface area contributed by atoms with E-state index in [1.165, 1.54) is 31.4 Å². The Kier molecular flexibility index (Phi) is 12.5. The minimum atomic E-state index is -4.50. The summed E-state index contributed by atoms with van der Waals surface area (Å²) >= 11 is 1.11. The van der Waals surface area contributed by atoms with Crippen LogP contribution in [0, 0.1) is 17.8 Å². The van der Waals surface area contributed by atoms with Gasteiger partial charge in [-0.05, 0) is 36.5 Å². The second-order valence-electron chi connectivity index (χ2n) is 11.9. The van der Waals surface area contributed by atoms with Gasteiger partial charge in [-0.1, -0.05) is 32.9 Å². The van der Waals surface area contributed by atoms with Crippen molar-refractivity contribution in [1.82, 2.24) is 15.2 Å². The summed E-state index contributed by atoms with van der Waals surface area (Å²) in [4.78, 5) is 55.9. The minimum Gasteiger partial charge on any atom is -0.481 e. The van der Waals surface area contributed by atoms with Crippen molar-refractivity contribution in [2.45, 2.75) is 77.7 Å². The van der Waals surface area contributed by atoms with Gasteiger partial charge in [0.1, 0.15) is 10.7 Å². The van der Waals surface area contributed by atoms with E-state index in [2.05, 4.69) is 10.3 Å². The van der Waals surface area contributed by atoms with Gasteiger partial charge in [-0.2, -0.15) is 13.2 Å². The average molecular weight is 656 g/mol. The number of carboxylic acids is 1. The number of aromatic nitrogens is 1. The van der Waals surface area contributed by atoms with Crippen LogP contribution in [-0.2, 0) is 36.5 Å². The number of amides is 2. The molecule has 0 bridgehead atoms. The number of benzene rings is 1. The number of nitrogens with one attached hydrogen (secondary N) is 1. The number of esters is 1. The Morgan fingerprint density at radius 1 is 1.13 bits per heavy atom. The number of alkyl halides is 3. The Morgan fingerprint density at radius 2 is 1.78 bits per heavy atom. The molecule has 14 heteroatoms. The first-order valence-corrected chi connectivity index (χ1v) is 15.6. The van der Waals surface area contributed by atoms with Crippen LogP contribution < -0.4 is 5.32 Å². The molecule has 3 unspecified atom stereocenters. The Morgan fingerprint density at radius 3 is 2.29 bits per heavy atom. The van der Waals surface area contributed by atoms with Crippen molar-refractivity contribution < 1.29 is 46.9 Å². The molecule has 3 rings (SSSR count). The van der Waals surface area contributed by atoms with E-state index in [0.29, 0.717) is 30.2 Å². The smallest absolute Gasteiger partial charge is 0.416 e. The third kappa shape index (κ3) is 10.5. The summed E-state index contributed by atoms with van der Waals surface area (Å²) < 4.78 is 49.8. The maximum absolute atomic E-state index is 13.3. The van der Waals surface area contributed by atoms with Gasteiger partial charge in [0, 0.05) is 50.2 Å². The molecule has 1 aliphatic heterocycles. The molecule has 2 heterocycles. The summed E-state index contributed by atoms with van der Waals surface area (Å²) in [6.45, 7) is 7.76. The van der Waals surface area contributed by atoms with E-state index in [1.807, 2.05) is 13.8 Å². The number of ether oxygens (including phenoxy) is 2. The molecule has 2 amide bonds. The zero-order chi connectivity index (χ0) is 33.5. The number of carboxylic acid groups (broad SMARTS) is 1. The summed E-state index contributed by atoms with van der Waals surface area (Å²) in [6, 6.07) is 3.45. The Balaban J connectivity index is 1.77. The molecule has 0 aliphatic carbocycles. The number of halogens is 3. The number of nitrogens with zero attached hydrogens (tertiary/aromatic N) is 2. The van der Waals surface area contributed by atoms with E-state index in [4.69, 9.17) is 9.47 Å². The topological polar surface area (TPSA) is 135 Å². The highest BCUT2D eigenvalue weighted by Gasteiger charge is 2.33. The summed E-state index contributed by atoms with van der Waals surface area (Å²) in [5, 5.41) is 14.1. The molecular formula is C31H40F3N3O7S. The first kappa shape index (κ1) is 36.0. The van der Waals surface area contributed by atoms with Crippen LogP contribution in [0.15, 0.2) is 29.6 Å². The fourth-order valence-corrected chi connectivity index (χ4v) is 5.95. The van der Waals surface area contributed by atoms with Crippen molar-refractivity contribution >= 4 is 35.1 Å². The maximum Gasteiger partial charge on any atom is 0.416 e. The molecule has 4 atom stereocenters. The van der Waals surface area contributed by atoms with Gasteiger partial charge in [0.2, 0.25) is 5.91 Å². The highest BCUT2D eigenvalue weighted by Crippen LogP contribution is 2.32. The van der Waals surface area contributed by atoms with Gasteiger partial charge in [0.15, 0.2) is 6.10 Å². The van der Waals surface area contributed by atoms with Crippen molar-refractivity contribution in [3.05, 3.63) is 51.5 Å². The van der Waals surface area contributed by atoms with E-state index in [9.17, 15) is 37.5 Å². The minimum absolute atomic E-state index is 0.0135. The first-order chi connectivity index (χ1) is 21.0. The standard InChI is InChI=1S/C31H40F3N3O7S/c1-17(2)25(37(5)27(39)12-21-14-43-15-21)13-26(44-19(4)38)29-36-24(16-45-29)28(40)35-23(10-18(3)30(41)42)11-20-6-8-22(9-7-20)31(32,33)34/h6-9,16-18,21,23,25-26H,10-15H2,1-5H3,(H,35,40)(H,41,42)/t18?,23-,25?,26?/m1/s1. The van der Waals surface area contributed by atoms with E-state index < -0.39 is 47.6 Å². The zero-order valence-corrected chi connectivity index (χ0v) is 26.7. The van der Waals surface area contributed by atoms with Crippen LogP contribution in [-0.4, -0.2) is 71.1 Å². The van der Waals surface area contributed by atoms with Crippen molar-refractivity contribution in [1.29, 1.82) is 0 Å². The van der Waals surface area contributed by atoms with E-state index in [-0.39, 0.29) is 48.7 Å². The summed E-state index contributed by atoms with van der Waals surface area (Å²) in [5.74, 6) is -2.93. The second kappa shape index (κ2) is 15.7. The molecule has 10 nitrogen and oxygen atoms in total. The predicted molar refractivity (Wildman–Crippen MR) is 159 cm³/mol. The molecule has 1 aliphatic rings. The monoisotopic (exact) mass is 655 g/mol. The molecule has 1 saturated heterocycles. The van der Waals surface area contributed by atoms with Crippen molar-refractivity contribution in [2.75, 3.05) is 20.3 Å². The zero-order valence-electron chi connectivity index (χ0n) is 25.9. The van der Waals surface area contributed by atoms with Crippen molar-refractivity contribution in [2.24, 2.45) is 17.8 Å². The SMILES string of the molecule is CC(=O)OC(CC(C(C)C)N(C)C(=O)CC1COC1)c1nc(C(=O)N[C@@H](Cc2ccc(C(F)(F)F)cc2)CC(C)C(=O)O)cs1. The molecule has 1 aromatic carbocycles. The third-order valence-corrected chi connectivity index (χ3v) is 8.72. The highest BCUT2D eigenvalue weighted by molar-refractivity contribution is 7.09. The summed E-state index contributed by atoms with van der Waals surface area (Å²) in [5.41, 5.74) is -0.308. The quantitative estimate of drug-likeness (QED) is 0.252. The second-order valence-corrected chi connectivity index (χ2v) is 12.8. The lowest BCUT2D eigenvalue weighted by Crippen LogP contribution is -2.44. The van der Waals surface area contributed by atoms with Gasteiger partial charge in [-0.15, -0.1) is 11.3 Å². The van der Waals surface area contributed by atoms with Crippen LogP contribution in [0.5, 0.6) is 0 Å². The molecule has 0 saturated carbocycles. The van der Waals surface area contributed by atoms with Gasteiger partial charge in [-0.3, -0.25) is 19.2 Å². The number of rotatable bonds is 15. The van der Waals surface area contributed by atoms with Crippen molar-refractivity contribution in [3.8, 4) is 0 Å². The molecule has 1 fully saturated rings. The van der Waals surface area contributed by atoms with Gasteiger partial charge >= 0.3 is 18.1 Å². The van der Waals surface area contributed by atoms with E-state index >= 15 is 0 Å². The molecule has 0 spiro atoms. The van der Waals surface area contributed by atoms with Crippen LogP contribution in [0.25, 0.3) is 0 Å². The van der Waals surface area contributed by atoms with E-state index in [0.717, 1.165) is 23.5 Å². The number of aliphatic carboxylic acids is 1. The molecule has 45 heavy (non-hydrogen) atoms. The van der Waals surface area contributed by atoms with Gasteiger partial charge in [0.25, 0.3) is 5.91 Å². The molecular weight excluding hydrogens is 615 g/mol. The fourth-order valence-electron chi connectivity index (χ4n) is 5.11. The van der Waals surface area contributed by atoms with Crippen LogP contribution in [0.2, 0.25) is 0 Å². The summed E-state index contributed by atoms with van der Waals surface area (Å²) in [7, 11) is 1.72. The largest absolute Gasteiger partial charge is 0.481 e. The maximum atomic E-state index is 13.3. The fraction of sp³-hybridized carbons (Fsp3) is 0.581. The summed E-state index contributed by atoms with van der Waals surface area (Å²) in [6.07, 6.45) is -4.60. The number of carbonyl (C=O) groups is 4. The van der Waals surface area contributed by atoms with Gasteiger partial charge in [0.05, 0.1) is 24.7 Å². The number of carbonyl (C=O) groups excluding carboxylic acids is 3. The third-order valence-electron chi connectivity index (χ3n) is 7.78. The lowest BCUT2D eigenvalue weighted by molar-refractivity contribution is -0.149. The lowest BCUT2D eigenvalue weighted by Gasteiger charge is -2.35. The van der Waals surface area contributed by atoms with Crippen LogP contribution >= 0.6 is 11.3 Å². The average Bonchev–Trinajstić information content (AvgIpc) is 3.42. The molecule has 2 N–H and O–H groups in total. The Hall–Kier alpha value is -3.52. The molecule has 248 valence electrons. The Bertz CT molecular complexity index is 1330. The van der Waals surface area contributed by atoms with Crippen molar-refractivity contribution in [3.63, 3.8) is 0 Å². The van der Waals surface area contributed by atoms with Gasteiger partial charge in [-0.25, -0.2) is 4.98 Å². The Labute approximate surface area is 264 Å². The van der Waals surface area contributed by atoms with Crippen LogP contribution in [0.1, 0.15) is 79.7 Å². The molecule has 2 aromatic rings. The predicted octanol–water partition coefficient (Wildman–Crippen LogP) is 5.13. The normalized spacial score (nSPS) is 16.3. The number of thiazole rings is 1. The lowest BCUT2D eigenvalue weighted by atomic mass is 9.95. The molecule has 1 aromatic heterocycles. The van der Waals surface area contributed by atoms with E-state index in [1.54, 1.807) is 11.9 Å².